The Morgan fingerprint density at radius 1 is 1.39 bits per heavy atom. The third kappa shape index (κ3) is 2.35. The topological polar surface area (TPSA) is 35.8 Å². The van der Waals surface area contributed by atoms with Crippen molar-refractivity contribution in [2.75, 3.05) is 16.8 Å². The van der Waals surface area contributed by atoms with Gasteiger partial charge in [0.15, 0.2) is 0 Å². The zero-order chi connectivity index (χ0) is 13.2. The largest absolute Gasteiger partial charge is 0.366 e. The maximum atomic E-state index is 9.68. The molecule has 1 aliphatic heterocycles. The fourth-order valence-electron chi connectivity index (χ4n) is 2.35. The lowest BCUT2D eigenvalue weighted by Gasteiger charge is -2.46. The van der Waals surface area contributed by atoms with Gasteiger partial charge in [-0.05, 0) is 36.8 Å². The van der Waals surface area contributed by atoms with Gasteiger partial charge in [0.2, 0.25) is 0 Å². The number of aryl methyl sites for hydroxylation is 1. The molecule has 1 aromatic carbocycles. The molecule has 2 rings (SSSR count). The molecule has 3 heteroatoms. The minimum atomic E-state index is -0.469. The molecule has 0 aromatic heterocycles. The highest BCUT2D eigenvalue weighted by atomic mass is 32.2. The van der Waals surface area contributed by atoms with E-state index in [4.69, 9.17) is 0 Å². The van der Waals surface area contributed by atoms with Crippen molar-refractivity contribution in [2.24, 2.45) is 5.41 Å². The Bertz CT molecular complexity index is 476. The van der Waals surface area contributed by atoms with Crippen molar-refractivity contribution in [3.8, 4) is 6.07 Å². The maximum absolute atomic E-state index is 9.68. The fraction of sp³-hybridized carbons (Fsp3) is 0.533. The van der Waals surface area contributed by atoms with Crippen LogP contribution in [-0.2, 0) is 0 Å². The van der Waals surface area contributed by atoms with E-state index in [0.717, 1.165) is 23.6 Å². The first-order valence-corrected chi connectivity index (χ1v) is 7.48. The molecule has 0 aliphatic carbocycles. The van der Waals surface area contributed by atoms with Gasteiger partial charge >= 0.3 is 0 Å². The molecule has 1 N–H and O–H groups in total. The summed E-state index contributed by atoms with van der Waals surface area (Å²) in [5.41, 5.74) is 1.79. The Morgan fingerprint density at radius 3 is 2.78 bits per heavy atom. The molecule has 1 fully saturated rings. The molecule has 1 saturated heterocycles. The van der Waals surface area contributed by atoms with Crippen LogP contribution in [0.3, 0.4) is 0 Å². The summed E-state index contributed by atoms with van der Waals surface area (Å²) < 4.78 is 0. The van der Waals surface area contributed by atoms with Gasteiger partial charge < -0.3 is 5.32 Å². The highest BCUT2D eigenvalue weighted by Crippen LogP contribution is 2.43. The first-order valence-electron chi connectivity index (χ1n) is 6.33. The summed E-state index contributed by atoms with van der Waals surface area (Å²) in [7, 11) is 0. The van der Waals surface area contributed by atoms with Crippen LogP contribution in [0.5, 0.6) is 0 Å². The van der Waals surface area contributed by atoms with Crippen molar-refractivity contribution in [1.82, 2.24) is 0 Å². The number of rotatable bonds is 2. The summed E-state index contributed by atoms with van der Waals surface area (Å²) in [6.07, 6.45) is 1.07. The highest BCUT2D eigenvalue weighted by Gasteiger charge is 2.47. The third-order valence-electron chi connectivity index (χ3n) is 3.91. The van der Waals surface area contributed by atoms with E-state index in [1.807, 2.05) is 23.9 Å². The number of nitrogens with one attached hydrogen (secondary N) is 1. The second-order valence-corrected chi connectivity index (χ2v) is 6.80. The lowest BCUT2D eigenvalue weighted by Crippen LogP contribution is -2.54. The van der Waals surface area contributed by atoms with Gasteiger partial charge in [0, 0.05) is 16.9 Å². The Morgan fingerprint density at radius 2 is 2.17 bits per heavy atom. The first-order chi connectivity index (χ1) is 8.49. The molecule has 0 spiro atoms. The summed E-state index contributed by atoms with van der Waals surface area (Å²) in [6, 6.07) is 10.8. The third-order valence-corrected chi connectivity index (χ3v) is 5.04. The Hall–Kier alpha value is -1.14. The van der Waals surface area contributed by atoms with E-state index in [-0.39, 0.29) is 5.41 Å². The summed E-state index contributed by atoms with van der Waals surface area (Å²) in [5.74, 6) is 2.00. The molecule has 1 heterocycles. The second-order valence-electron chi connectivity index (χ2n) is 5.70. The van der Waals surface area contributed by atoms with Gasteiger partial charge in [-0.3, -0.25) is 0 Å². The molecular weight excluding hydrogens is 240 g/mol. The first kappa shape index (κ1) is 13.3. The summed E-state index contributed by atoms with van der Waals surface area (Å²) in [6.45, 7) is 6.46. The van der Waals surface area contributed by atoms with Gasteiger partial charge in [0.1, 0.15) is 5.54 Å². The van der Waals surface area contributed by atoms with Crippen LogP contribution in [0.4, 0.5) is 5.69 Å². The normalized spacial score (nSPS) is 26.3. The zero-order valence-corrected chi connectivity index (χ0v) is 12.1. The van der Waals surface area contributed by atoms with Crippen molar-refractivity contribution < 1.29 is 0 Å². The molecule has 96 valence electrons. The van der Waals surface area contributed by atoms with Gasteiger partial charge in [-0.2, -0.15) is 17.0 Å². The van der Waals surface area contributed by atoms with Gasteiger partial charge in [-0.15, -0.1) is 0 Å². The van der Waals surface area contributed by atoms with Crippen molar-refractivity contribution in [3.63, 3.8) is 0 Å². The number of hydrogen-bond acceptors (Lipinski definition) is 3. The monoisotopic (exact) mass is 260 g/mol. The Balaban J connectivity index is 2.31. The number of nitriles is 1. The zero-order valence-electron chi connectivity index (χ0n) is 11.3. The molecule has 0 saturated carbocycles. The van der Waals surface area contributed by atoms with Crippen LogP contribution in [0.15, 0.2) is 24.3 Å². The average Bonchev–Trinajstić information content (AvgIpc) is 2.32. The standard InChI is InChI=1S/C15H20N2S/c1-12-5-4-6-13(9-12)17-15(10-16)11-18-8-7-14(15,2)3/h4-6,9,17H,7-8,11H2,1-3H3. The average molecular weight is 260 g/mol. The quantitative estimate of drug-likeness (QED) is 0.877. The molecule has 1 unspecified atom stereocenters. The minimum Gasteiger partial charge on any atom is -0.366 e. The maximum Gasteiger partial charge on any atom is 0.139 e. The van der Waals surface area contributed by atoms with Crippen molar-refractivity contribution >= 4 is 17.4 Å². The van der Waals surface area contributed by atoms with E-state index in [0.29, 0.717) is 0 Å². The van der Waals surface area contributed by atoms with Crippen molar-refractivity contribution in [1.29, 1.82) is 5.26 Å². The van der Waals surface area contributed by atoms with Crippen LogP contribution in [-0.4, -0.2) is 17.0 Å². The van der Waals surface area contributed by atoms with E-state index < -0.39 is 5.54 Å². The van der Waals surface area contributed by atoms with E-state index >= 15 is 0 Å². The molecule has 1 atom stereocenters. The smallest absolute Gasteiger partial charge is 0.139 e. The minimum absolute atomic E-state index is 0.00323. The van der Waals surface area contributed by atoms with Crippen LogP contribution >= 0.6 is 11.8 Å². The summed E-state index contributed by atoms with van der Waals surface area (Å²) >= 11 is 1.87. The van der Waals surface area contributed by atoms with Crippen LogP contribution in [0.2, 0.25) is 0 Å². The number of thioether (sulfide) groups is 1. The van der Waals surface area contributed by atoms with Crippen molar-refractivity contribution in [2.45, 2.75) is 32.7 Å². The molecule has 1 aliphatic rings. The highest BCUT2D eigenvalue weighted by molar-refractivity contribution is 7.99. The summed E-state index contributed by atoms with van der Waals surface area (Å²) in [5, 5.41) is 13.2. The van der Waals surface area contributed by atoms with Crippen LogP contribution in [0.1, 0.15) is 25.8 Å². The van der Waals surface area contributed by atoms with Crippen LogP contribution < -0.4 is 5.32 Å². The van der Waals surface area contributed by atoms with Crippen LogP contribution in [0, 0.1) is 23.7 Å². The van der Waals surface area contributed by atoms with E-state index in [9.17, 15) is 5.26 Å². The van der Waals surface area contributed by atoms with E-state index in [2.05, 4.69) is 44.3 Å². The molecule has 18 heavy (non-hydrogen) atoms. The Labute approximate surface area is 114 Å². The lowest BCUT2D eigenvalue weighted by atomic mass is 9.71. The molecule has 0 radical (unpaired) electrons. The Kier molecular flexibility index (Phi) is 3.59. The molecule has 0 amide bonds. The predicted molar refractivity (Wildman–Crippen MR) is 78.9 cm³/mol. The van der Waals surface area contributed by atoms with Gasteiger partial charge in [-0.25, -0.2) is 0 Å². The fourth-order valence-corrected chi connectivity index (χ4v) is 3.98. The van der Waals surface area contributed by atoms with Gasteiger partial charge in [-0.1, -0.05) is 26.0 Å². The summed E-state index contributed by atoms with van der Waals surface area (Å²) in [4.78, 5) is 0. The lowest BCUT2D eigenvalue weighted by molar-refractivity contribution is 0.248. The molecule has 0 bridgehead atoms. The molecule has 2 nitrogen and oxygen atoms in total. The predicted octanol–water partition coefficient (Wildman–Crippen LogP) is 3.83. The van der Waals surface area contributed by atoms with Gasteiger partial charge in [0.25, 0.3) is 0 Å². The van der Waals surface area contributed by atoms with Crippen molar-refractivity contribution in [3.05, 3.63) is 29.8 Å². The van der Waals surface area contributed by atoms with Gasteiger partial charge in [0.05, 0.1) is 6.07 Å². The SMILES string of the molecule is Cc1cccc(NC2(C#N)CSCCC2(C)C)c1. The number of hydrogen-bond donors (Lipinski definition) is 1. The van der Waals surface area contributed by atoms with E-state index in [1.165, 1.54) is 5.56 Å². The number of anilines is 1. The number of nitrogens with zero attached hydrogens (tertiary/aromatic N) is 1. The molecular formula is C15H20N2S. The number of benzene rings is 1. The molecule has 1 aromatic rings. The second kappa shape index (κ2) is 4.85. The van der Waals surface area contributed by atoms with Crippen LogP contribution in [0.25, 0.3) is 0 Å². The van der Waals surface area contributed by atoms with E-state index in [1.54, 1.807) is 0 Å².